The standard InChI is InChI=1S/C27H27ClN6O5S/c1-3-15(13-30-24(36)21-22(28)32-25(40-21)16-9-10-19(39-2)29-14-16)23(35)31-20-17-7-4-5-8-18(17)26(37)33-11-6-12-34(33)27(20)38/h4-5,7-10,14-15,20H,3,6,11-13H2,1-2H3,(H,30,36)(H,31,35)/t15?,20-/m0/s1. The summed E-state index contributed by atoms with van der Waals surface area (Å²) in [7, 11) is 1.52. The Labute approximate surface area is 239 Å². The maximum absolute atomic E-state index is 13.4. The van der Waals surface area contributed by atoms with Crippen LogP contribution in [-0.4, -0.2) is 70.4 Å². The molecule has 1 aromatic carbocycles. The third-order valence-electron chi connectivity index (χ3n) is 6.91. The van der Waals surface area contributed by atoms with Crippen LogP contribution in [0.4, 0.5) is 0 Å². The largest absolute Gasteiger partial charge is 0.481 e. The van der Waals surface area contributed by atoms with Gasteiger partial charge in [0.1, 0.15) is 15.9 Å². The van der Waals surface area contributed by atoms with Gasteiger partial charge in [-0.3, -0.25) is 19.2 Å². The molecule has 40 heavy (non-hydrogen) atoms. The van der Waals surface area contributed by atoms with Crippen molar-refractivity contribution in [3.05, 3.63) is 63.8 Å². The van der Waals surface area contributed by atoms with Crippen molar-refractivity contribution in [3.8, 4) is 16.5 Å². The molecule has 1 saturated heterocycles. The summed E-state index contributed by atoms with van der Waals surface area (Å²) < 4.78 is 5.07. The summed E-state index contributed by atoms with van der Waals surface area (Å²) in [6, 6.07) is 9.25. The van der Waals surface area contributed by atoms with Crippen LogP contribution in [0, 0.1) is 5.92 Å². The first kappa shape index (κ1) is 27.5. The number of methoxy groups -OCH3 is 1. The molecule has 3 aromatic rings. The van der Waals surface area contributed by atoms with Crippen LogP contribution in [0.5, 0.6) is 5.88 Å². The highest BCUT2D eigenvalue weighted by molar-refractivity contribution is 7.17. The first-order valence-electron chi connectivity index (χ1n) is 12.8. The van der Waals surface area contributed by atoms with Gasteiger partial charge in [-0.15, -0.1) is 11.3 Å². The lowest BCUT2D eigenvalue weighted by Crippen LogP contribution is -2.48. The van der Waals surface area contributed by atoms with Gasteiger partial charge in [0.2, 0.25) is 11.8 Å². The molecule has 13 heteroatoms. The average Bonchev–Trinajstić information content (AvgIpc) is 3.61. The number of pyridine rings is 1. The lowest BCUT2D eigenvalue weighted by atomic mass is 9.97. The number of amides is 4. The predicted octanol–water partition coefficient (Wildman–Crippen LogP) is 3.08. The number of carbonyl (C=O) groups is 4. The van der Waals surface area contributed by atoms with Gasteiger partial charge >= 0.3 is 0 Å². The van der Waals surface area contributed by atoms with E-state index < -0.39 is 23.8 Å². The molecule has 0 bridgehead atoms. The molecule has 0 saturated carbocycles. The number of thiazole rings is 1. The fourth-order valence-electron chi connectivity index (χ4n) is 4.73. The summed E-state index contributed by atoms with van der Waals surface area (Å²) in [6.45, 7) is 2.69. The van der Waals surface area contributed by atoms with Crippen LogP contribution in [0.2, 0.25) is 5.15 Å². The van der Waals surface area contributed by atoms with Crippen molar-refractivity contribution in [1.82, 2.24) is 30.6 Å². The van der Waals surface area contributed by atoms with Gasteiger partial charge in [0.15, 0.2) is 5.15 Å². The Hall–Kier alpha value is -4.03. The third kappa shape index (κ3) is 5.24. The fraction of sp³-hybridized carbons (Fsp3) is 0.333. The first-order chi connectivity index (χ1) is 19.3. The number of carbonyl (C=O) groups excluding carboxylic acids is 4. The third-order valence-corrected chi connectivity index (χ3v) is 8.40. The molecule has 1 fully saturated rings. The number of fused-ring (bicyclic) bond motifs is 2. The Morgan fingerprint density at radius 2 is 1.95 bits per heavy atom. The molecule has 2 aromatic heterocycles. The van der Waals surface area contributed by atoms with Crippen LogP contribution in [0.15, 0.2) is 42.6 Å². The molecule has 4 amide bonds. The van der Waals surface area contributed by atoms with E-state index in [1.165, 1.54) is 17.1 Å². The first-order valence-corrected chi connectivity index (χ1v) is 14.0. The lowest BCUT2D eigenvalue weighted by molar-refractivity contribution is -0.144. The molecular formula is C27H27ClN6O5S. The van der Waals surface area contributed by atoms with E-state index in [1.807, 2.05) is 6.92 Å². The zero-order valence-corrected chi connectivity index (χ0v) is 23.4. The lowest BCUT2D eigenvalue weighted by Gasteiger charge is -2.28. The summed E-state index contributed by atoms with van der Waals surface area (Å²) in [5.74, 6) is -1.67. The Bertz CT molecular complexity index is 1460. The molecule has 208 valence electrons. The minimum atomic E-state index is -1.02. The van der Waals surface area contributed by atoms with Crippen molar-refractivity contribution in [2.24, 2.45) is 5.92 Å². The topological polar surface area (TPSA) is 134 Å². The van der Waals surface area contributed by atoms with Gasteiger partial charge in [-0.1, -0.05) is 36.7 Å². The second-order valence-corrected chi connectivity index (χ2v) is 10.7. The second-order valence-electron chi connectivity index (χ2n) is 9.32. The van der Waals surface area contributed by atoms with E-state index in [9.17, 15) is 19.2 Å². The zero-order chi connectivity index (χ0) is 28.4. The predicted molar refractivity (Wildman–Crippen MR) is 148 cm³/mol. The van der Waals surface area contributed by atoms with Crippen molar-refractivity contribution >= 4 is 46.6 Å². The second kappa shape index (κ2) is 11.6. The minimum Gasteiger partial charge on any atom is -0.481 e. The number of ether oxygens (including phenoxy) is 1. The van der Waals surface area contributed by atoms with Crippen LogP contribution in [0.25, 0.3) is 10.6 Å². The van der Waals surface area contributed by atoms with Gasteiger partial charge in [0.05, 0.1) is 13.0 Å². The molecule has 5 rings (SSSR count). The highest BCUT2D eigenvalue weighted by Gasteiger charge is 2.42. The fourth-order valence-corrected chi connectivity index (χ4v) is 5.93. The molecule has 0 aliphatic carbocycles. The molecule has 4 heterocycles. The van der Waals surface area contributed by atoms with Gasteiger partial charge < -0.3 is 15.4 Å². The smallest absolute Gasteiger partial charge is 0.272 e. The number of aromatic nitrogens is 2. The summed E-state index contributed by atoms with van der Waals surface area (Å²) in [5.41, 5.74) is 1.52. The van der Waals surface area contributed by atoms with Gasteiger partial charge in [-0.2, -0.15) is 0 Å². The summed E-state index contributed by atoms with van der Waals surface area (Å²) >= 11 is 7.38. The van der Waals surface area contributed by atoms with E-state index in [1.54, 1.807) is 42.6 Å². The summed E-state index contributed by atoms with van der Waals surface area (Å²) in [6.07, 6.45) is 2.65. The number of hydrogen-bond acceptors (Lipinski definition) is 8. The van der Waals surface area contributed by atoms with Gasteiger partial charge in [-0.05, 0) is 30.5 Å². The zero-order valence-electron chi connectivity index (χ0n) is 21.8. The summed E-state index contributed by atoms with van der Waals surface area (Å²) in [4.78, 5) is 61.5. The Kier molecular flexibility index (Phi) is 7.99. The van der Waals surface area contributed by atoms with Crippen molar-refractivity contribution < 1.29 is 23.9 Å². The van der Waals surface area contributed by atoms with Crippen LogP contribution in [-0.2, 0) is 9.59 Å². The number of benzene rings is 1. The number of nitrogens with zero attached hydrogens (tertiary/aromatic N) is 4. The van der Waals surface area contributed by atoms with Crippen LogP contribution in [0.3, 0.4) is 0 Å². The monoisotopic (exact) mass is 582 g/mol. The molecule has 2 N–H and O–H groups in total. The molecule has 0 spiro atoms. The Morgan fingerprint density at radius 1 is 1.18 bits per heavy atom. The molecule has 11 nitrogen and oxygen atoms in total. The quantitative estimate of drug-likeness (QED) is 0.417. The molecule has 0 radical (unpaired) electrons. The van der Waals surface area contributed by atoms with Crippen LogP contribution >= 0.6 is 22.9 Å². The van der Waals surface area contributed by atoms with E-state index in [-0.39, 0.29) is 28.4 Å². The number of hydrazine groups is 1. The number of hydrogen-bond donors (Lipinski definition) is 2. The number of halogens is 1. The Balaban J connectivity index is 1.28. The van der Waals surface area contributed by atoms with E-state index in [0.29, 0.717) is 53.5 Å². The van der Waals surface area contributed by atoms with Gasteiger partial charge in [-0.25, -0.2) is 20.0 Å². The summed E-state index contributed by atoms with van der Waals surface area (Å²) in [5, 5.41) is 9.04. The van der Waals surface area contributed by atoms with Crippen molar-refractivity contribution in [2.45, 2.75) is 25.8 Å². The van der Waals surface area contributed by atoms with Crippen LogP contribution < -0.4 is 15.4 Å². The molecule has 2 aliphatic rings. The number of nitrogens with one attached hydrogen (secondary N) is 2. The van der Waals surface area contributed by atoms with Gasteiger partial charge in [0.25, 0.3) is 17.7 Å². The molecule has 2 atom stereocenters. The SMILES string of the molecule is CCC(CNC(=O)c1sc(-c2ccc(OC)nc2)nc1Cl)C(=O)N[C@@H]1C(=O)N2CCCN2C(=O)c2ccccc21. The average molecular weight is 583 g/mol. The molecule has 2 aliphatic heterocycles. The van der Waals surface area contributed by atoms with Crippen molar-refractivity contribution in [2.75, 3.05) is 26.7 Å². The molecule has 1 unspecified atom stereocenters. The maximum Gasteiger partial charge on any atom is 0.272 e. The van der Waals surface area contributed by atoms with E-state index in [0.717, 1.165) is 11.3 Å². The van der Waals surface area contributed by atoms with Crippen molar-refractivity contribution in [1.29, 1.82) is 0 Å². The van der Waals surface area contributed by atoms with E-state index in [2.05, 4.69) is 20.6 Å². The van der Waals surface area contributed by atoms with E-state index in [4.69, 9.17) is 16.3 Å². The van der Waals surface area contributed by atoms with Crippen LogP contribution in [0.1, 0.15) is 51.4 Å². The number of rotatable bonds is 8. The minimum absolute atomic E-state index is 0.0200. The highest BCUT2D eigenvalue weighted by atomic mass is 35.5. The normalized spacial score (nSPS) is 17.1. The Morgan fingerprint density at radius 3 is 2.67 bits per heavy atom. The molecular weight excluding hydrogens is 556 g/mol. The maximum atomic E-state index is 13.4. The highest BCUT2D eigenvalue weighted by Crippen LogP contribution is 2.32. The van der Waals surface area contributed by atoms with E-state index >= 15 is 0 Å². The van der Waals surface area contributed by atoms with Gasteiger partial charge in [0, 0.05) is 43.0 Å². The van der Waals surface area contributed by atoms with Crippen molar-refractivity contribution in [3.63, 3.8) is 0 Å².